The lowest BCUT2D eigenvalue weighted by atomic mass is 10.0. The zero-order chi connectivity index (χ0) is 9.59. The molecular weight excluding hydrogens is 158 g/mol. The van der Waals surface area contributed by atoms with Gasteiger partial charge < -0.3 is 4.90 Å². The average molecular weight is 173 g/mol. The summed E-state index contributed by atoms with van der Waals surface area (Å²) in [6, 6.07) is 4.53. The van der Waals surface area contributed by atoms with Gasteiger partial charge in [0.2, 0.25) is 0 Å². The van der Waals surface area contributed by atoms with E-state index in [1.165, 1.54) is 28.1 Å². The van der Waals surface area contributed by atoms with Gasteiger partial charge >= 0.3 is 0 Å². The summed E-state index contributed by atoms with van der Waals surface area (Å²) in [5.74, 6) is 0. The Labute approximate surface area is 79.7 Å². The van der Waals surface area contributed by atoms with Crippen molar-refractivity contribution < 1.29 is 0 Å². The van der Waals surface area contributed by atoms with E-state index in [4.69, 9.17) is 0 Å². The summed E-state index contributed by atoms with van der Waals surface area (Å²) in [6.07, 6.45) is 1.01. The zero-order valence-corrected chi connectivity index (χ0v) is 8.52. The molecule has 1 aromatic carbocycles. The van der Waals surface area contributed by atoms with Crippen LogP contribution >= 0.6 is 0 Å². The first-order chi connectivity index (χ1) is 6.09. The highest BCUT2D eigenvalue weighted by molar-refractivity contribution is 5.66. The van der Waals surface area contributed by atoms with Crippen molar-refractivity contribution in [3.8, 4) is 0 Å². The third kappa shape index (κ3) is 1.15. The molecule has 1 heterocycles. The van der Waals surface area contributed by atoms with E-state index in [0.717, 1.165) is 6.42 Å². The number of anilines is 1. The van der Waals surface area contributed by atoms with Gasteiger partial charge in [0.25, 0.3) is 0 Å². The number of hydrogen-bond donors (Lipinski definition) is 0. The predicted octanol–water partition coefficient (Wildman–Crippen LogP) is 2.81. The lowest BCUT2D eigenvalue weighted by Crippen LogP contribution is -2.09. The molecule has 0 saturated heterocycles. The van der Waals surface area contributed by atoms with E-state index < -0.39 is 0 Å². The van der Waals surface area contributed by atoms with Gasteiger partial charge in [0.1, 0.15) is 0 Å². The molecule has 0 N–H and O–H groups in total. The molecule has 0 unspecified atom stereocenters. The van der Waals surface area contributed by atoms with Gasteiger partial charge in [-0.15, -0.1) is 0 Å². The van der Waals surface area contributed by atoms with E-state index in [0.29, 0.717) is 0 Å². The number of benzene rings is 1. The number of aryl methyl sites for hydroxylation is 2. The molecule has 0 atom stereocenters. The molecule has 13 heavy (non-hydrogen) atoms. The molecule has 0 aliphatic carbocycles. The SMILES string of the molecule is C=C1Cc2cc(C)c(C)cc2N1C. The molecule has 0 radical (unpaired) electrons. The Balaban J connectivity index is 2.59. The number of nitrogens with zero attached hydrogens (tertiary/aromatic N) is 1. The third-order valence-corrected chi connectivity index (χ3v) is 2.93. The zero-order valence-electron chi connectivity index (χ0n) is 8.52. The topological polar surface area (TPSA) is 3.24 Å². The Morgan fingerprint density at radius 3 is 2.54 bits per heavy atom. The van der Waals surface area contributed by atoms with Crippen molar-refractivity contribution in [2.45, 2.75) is 20.3 Å². The summed E-state index contributed by atoms with van der Waals surface area (Å²) in [7, 11) is 2.09. The quantitative estimate of drug-likeness (QED) is 0.583. The van der Waals surface area contributed by atoms with E-state index in [9.17, 15) is 0 Å². The van der Waals surface area contributed by atoms with Gasteiger partial charge in [0.05, 0.1) is 0 Å². The van der Waals surface area contributed by atoms with Crippen molar-refractivity contribution in [1.29, 1.82) is 0 Å². The van der Waals surface area contributed by atoms with Crippen LogP contribution in [0.3, 0.4) is 0 Å². The van der Waals surface area contributed by atoms with Gasteiger partial charge in [0, 0.05) is 24.9 Å². The maximum absolute atomic E-state index is 4.04. The lowest BCUT2D eigenvalue weighted by molar-refractivity contribution is 1.11. The van der Waals surface area contributed by atoms with Crippen molar-refractivity contribution >= 4 is 5.69 Å². The Hall–Kier alpha value is -1.24. The minimum absolute atomic E-state index is 1.01. The maximum atomic E-state index is 4.04. The van der Waals surface area contributed by atoms with Gasteiger partial charge in [-0.25, -0.2) is 0 Å². The van der Waals surface area contributed by atoms with Crippen LogP contribution in [0.2, 0.25) is 0 Å². The van der Waals surface area contributed by atoms with Crippen LogP contribution in [0.15, 0.2) is 24.4 Å². The van der Waals surface area contributed by atoms with Crippen LogP contribution in [0.4, 0.5) is 5.69 Å². The Morgan fingerprint density at radius 2 is 1.85 bits per heavy atom. The molecule has 2 rings (SSSR count). The highest BCUT2D eigenvalue weighted by Gasteiger charge is 2.19. The highest BCUT2D eigenvalue weighted by atomic mass is 15.1. The van der Waals surface area contributed by atoms with E-state index in [1.54, 1.807) is 0 Å². The number of allylic oxidation sites excluding steroid dienone is 1. The van der Waals surface area contributed by atoms with Gasteiger partial charge in [-0.05, 0) is 36.6 Å². The molecular formula is C12H15N. The highest BCUT2D eigenvalue weighted by Crippen LogP contribution is 2.34. The molecule has 0 amide bonds. The molecule has 0 aromatic heterocycles. The van der Waals surface area contributed by atoms with Crippen LogP contribution in [-0.4, -0.2) is 7.05 Å². The number of likely N-dealkylation sites (N-methyl/N-ethyl adjacent to an activating group) is 1. The monoisotopic (exact) mass is 173 g/mol. The summed E-state index contributed by atoms with van der Waals surface area (Å²) >= 11 is 0. The number of rotatable bonds is 0. The van der Waals surface area contributed by atoms with Gasteiger partial charge in [-0.1, -0.05) is 12.6 Å². The molecule has 1 aliphatic heterocycles. The normalized spacial score (nSPS) is 15.0. The summed E-state index contributed by atoms with van der Waals surface area (Å²) in [5, 5.41) is 0. The maximum Gasteiger partial charge on any atom is 0.0444 e. The molecule has 1 aromatic rings. The third-order valence-electron chi connectivity index (χ3n) is 2.93. The first kappa shape index (κ1) is 8.36. The smallest absolute Gasteiger partial charge is 0.0444 e. The van der Waals surface area contributed by atoms with Crippen LogP contribution in [0.1, 0.15) is 16.7 Å². The fourth-order valence-electron chi connectivity index (χ4n) is 1.82. The second-order valence-electron chi connectivity index (χ2n) is 3.87. The van der Waals surface area contributed by atoms with Crippen molar-refractivity contribution in [1.82, 2.24) is 0 Å². The fourth-order valence-corrected chi connectivity index (χ4v) is 1.82. The van der Waals surface area contributed by atoms with Crippen molar-refractivity contribution in [2.75, 3.05) is 11.9 Å². The minimum atomic E-state index is 1.01. The fraction of sp³-hybridized carbons (Fsp3) is 0.333. The molecule has 68 valence electrons. The van der Waals surface area contributed by atoms with E-state index in [1.807, 2.05) is 0 Å². The van der Waals surface area contributed by atoms with Crippen molar-refractivity contribution in [2.24, 2.45) is 0 Å². The number of hydrogen-bond acceptors (Lipinski definition) is 1. The summed E-state index contributed by atoms with van der Waals surface area (Å²) < 4.78 is 0. The first-order valence-corrected chi connectivity index (χ1v) is 4.61. The molecule has 0 fully saturated rings. The first-order valence-electron chi connectivity index (χ1n) is 4.61. The second kappa shape index (κ2) is 2.63. The summed E-state index contributed by atoms with van der Waals surface area (Å²) in [5.41, 5.74) is 6.67. The van der Waals surface area contributed by atoms with Gasteiger partial charge in [-0.2, -0.15) is 0 Å². The molecule has 0 spiro atoms. The Kier molecular flexibility index (Phi) is 1.69. The summed E-state index contributed by atoms with van der Waals surface area (Å²) in [4.78, 5) is 2.18. The number of fused-ring (bicyclic) bond motifs is 1. The van der Waals surface area contributed by atoms with Gasteiger partial charge in [0.15, 0.2) is 0 Å². The Bertz CT molecular complexity index is 377. The van der Waals surface area contributed by atoms with E-state index in [2.05, 4.69) is 44.5 Å². The standard InChI is InChI=1S/C12H15N/c1-8-5-11-7-10(3)13(4)12(11)6-9(8)2/h5-6H,3,7H2,1-2,4H3. The molecule has 0 saturated carbocycles. The van der Waals surface area contributed by atoms with Crippen LogP contribution in [0, 0.1) is 13.8 Å². The van der Waals surface area contributed by atoms with Crippen LogP contribution in [0.5, 0.6) is 0 Å². The minimum Gasteiger partial charge on any atom is -0.348 e. The van der Waals surface area contributed by atoms with Crippen LogP contribution in [0.25, 0.3) is 0 Å². The lowest BCUT2D eigenvalue weighted by Gasteiger charge is -2.14. The van der Waals surface area contributed by atoms with Crippen molar-refractivity contribution in [3.05, 3.63) is 41.1 Å². The van der Waals surface area contributed by atoms with E-state index in [-0.39, 0.29) is 0 Å². The van der Waals surface area contributed by atoms with E-state index >= 15 is 0 Å². The van der Waals surface area contributed by atoms with Crippen LogP contribution in [-0.2, 0) is 6.42 Å². The second-order valence-corrected chi connectivity index (χ2v) is 3.87. The Morgan fingerprint density at radius 1 is 1.23 bits per heavy atom. The summed E-state index contributed by atoms with van der Waals surface area (Å²) in [6.45, 7) is 8.36. The molecule has 0 bridgehead atoms. The van der Waals surface area contributed by atoms with Gasteiger partial charge in [-0.3, -0.25) is 0 Å². The average Bonchev–Trinajstić information content (AvgIpc) is 2.32. The molecule has 1 aliphatic rings. The predicted molar refractivity (Wildman–Crippen MR) is 57.2 cm³/mol. The van der Waals surface area contributed by atoms with Crippen molar-refractivity contribution in [3.63, 3.8) is 0 Å². The largest absolute Gasteiger partial charge is 0.348 e. The van der Waals surface area contributed by atoms with Crippen LogP contribution < -0.4 is 4.90 Å². The molecule has 1 nitrogen and oxygen atoms in total. The molecule has 1 heteroatoms.